The van der Waals surface area contributed by atoms with Gasteiger partial charge in [-0.15, -0.1) is 0 Å². The van der Waals surface area contributed by atoms with Crippen LogP contribution in [0.5, 0.6) is 5.75 Å². The fraction of sp³-hybridized carbons (Fsp3) is 0.533. The van der Waals surface area contributed by atoms with Crippen LogP contribution < -0.4 is 10.1 Å². The summed E-state index contributed by atoms with van der Waals surface area (Å²) in [5.41, 5.74) is 0.775. The third-order valence-electron chi connectivity index (χ3n) is 3.04. The Morgan fingerprint density at radius 2 is 2.21 bits per heavy atom. The molecule has 0 spiro atoms. The highest BCUT2D eigenvalue weighted by Crippen LogP contribution is 2.28. The van der Waals surface area contributed by atoms with E-state index in [1.807, 2.05) is 49.9 Å². The molecule has 19 heavy (non-hydrogen) atoms. The Bertz CT molecular complexity index is 428. The summed E-state index contributed by atoms with van der Waals surface area (Å²) < 4.78 is 5.71. The summed E-state index contributed by atoms with van der Waals surface area (Å²) in [5.74, 6) is 3.10. The van der Waals surface area contributed by atoms with Crippen molar-refractivity contribution in [1.29, 1.82) is 0 Å². The Morgan fingerprint density at radius 1 is 1.42 bits per heavy atom. The zero-order chi connectivity index (χ0) is 13.7. The molecular formula is C15H21NO2S. The van der Waals surface area contributed by atoms with Gasteiger partial charge in [-0.1, -0.05) is 12.1 Å². The first-order valence-corrected chi connectivity index (χ1v) is 7.96. The van der Waals surface area contributed by atoms with Gasteiger partial charge in [0.05, 0.1) is 11.8 Å². The number of hydrogen-bond acceptors (Lipinski definition) is 3. The molecule has 104 valence electrons. The van der Waals surface area contributed by atoms with Crippen molar-refractivity contribution in [2.24, 2.45) is 5.92 Å². The average Bonchev–Trinajstić information content (AvgIpc) is 2.41. The van der Waals surface area contributed by atoms with Crippen molar-refractivity contribution >= 4 is 23.4 Å². The van der Waals surface area contributed by atoms with Crippen molar-refractivity contribution in [3.8, 4) is 5.75 Å². The molecule has 2 rings (SSSR count). The third-order valence-corrected chi connectivity index (χ3v) is 4.25. The monoisotopic (exact) mass is 279 g/mol. The Hall–Kier alpha value is -1.16. The van der Waals surface area contributed by atoms with Crippen LogP contribution in [0.1, 0.15) is 26.7 Å². The Morgan fingerprint density at radius 3 is 2.89 bits per heavy atom. The topological polar surface area (TPSA) is 38.3 Å². The molecule has 1 fully saturated rings. The lowest BCUT2D eigenvalue weighted by molar-refractivity contribution is -0.119. The summed E-state index contributed by atoms with van der Waals surface area (Å²) in [6.07, 6.45) is 2.22. The molecule has 0 aliphatic carbocycles. The van der Waals surface area contributed by atoms with Gasteiger partial charge in [-0.2, -0.15) is 11.8 Å². The van der Waals surface area contributed by atoms with Gasteiger partial charge >= 0.3 is 0 Å². The van der Waals surface area contributed by atoms with Crippen LogP contribution >= 0.6 is 11.8 Å². The number of rotatable bonds is 4. The van der Waals surface area contributed by atoms with Crippen LogP contribution in [0.4, 0.5) is 5.69 Å². The molecule has 0 aromatic heterocycles. The van der Waals surface area contributed by atoms with Crippen LogP contribution in [-0.4, -0.2) is 23.5 Å². The molecule has 1 aliphatic heterocycles. The zero-order valence-corrected chi connectivity index (χ0v) is 12.3. The summed E-state index contributed by atoms with van der Waals surface area (Å²) >= 11 is 1.86. The minimum Gasteiger partial charge on any atom is -0.489 e. The van der Waals surface area contributed by atoms with Gasteiger partial charge in [-0.05, 0) is 44.6 Å². The lowest BCUT2D eigenvalue weighted by Gasteiger charge is -2.21. The maximum absolute atomic E-state index is 12.2. The minimum absolute atomic E-state index is 0.100. The van der Waals surface area contributed by atoms with Crippen molar-refractivity contribution in [2.75, 3.05) is 16.8 Å². The van der Waals surface area contributed by atoms with E-state index in [9.17, 15) is 4.79 Å². The maximum Gasteiger partial charge on any atom is 0.228 e. The number of hydrogen-bond donors (Lipinski definition) is 1. The Balaban J connectivity index is 2.03. The summed E-state index contributed by atoms with van der Waals surface area (Å²) in [7, 11) is 0. The number of carbonyl (C=O) groups is 1. The number of amides is 1. The van der Waals surface area contributed by atoms with E-state index in [-0.39, 0.29) is 17.9 Å². The minimum atomic E-state index is 0.100. The number of nitrogens with one attached hydrogen (secondary N) is 1. The van der Waals surface area contributed by atoms with E-state index in [1.165, 1.54) is 5.75 Å². The molecule has 0 radical (unpaired) electrons. The van der Waals surface area contributed by atoms with Crippen molar-refractivity contribution in [3.63, 3.8) is 0 Å². The van der Waals surface area contributed by atoms with Crippen molar-refractivity contribution in [1.82, 2.24) is 0 Å². The normalized spacial score (nSPS) is 19.2. The number of ether oxygens (including phenoxy) is 1. The molecule has 0 bridgehead atoms. The third kappa shape index (κ3) is 4.16. The molecule has 1 aromatic carbocycles. The van der Waals surface area contributed by atoms with Crippen LogP contribution in [0.25, 0.3) is 0 Å². The first-order chi connectivity index (χ1) is 9.16. The molecule has 1 amide bonds. The second-order valence-corrected chi connectivity index (χ2v) is 6.22. The van der Waals surface area contributed by atoms with E-state index in [0.29, 0.717) is 0 Å². The molecule has 1 atom stereocenters. The molecule has 0 saturated carbocycles. The van der Waals surface area contributed by atoms with Crippen LogP contribution in [0.3, 0.4) is 0 Å². The van der Waals surface area contributed by atoms with E-state index in [2.05, 4.69) is 5.32 Å². The quantitative estimate of drug-likeness (QED) is 0.916. The second-order valence-electron chi connectivity index (χ2n) is 5.07. The number of anilines is 1. The van der Waals surface area contributed by atoms with Gasteiger partial charge in [0, 0.05) is 11.7 Å². The Labute approximate surface area is 119 Å². The molecule has 3 nitrogen and oxygen atoms in total. The van der Waals surface area contributed by atoms with Crippen molar-refractivity contribution in [3.05, 3.63) is 24.3 Å². The van der Waals surface area contributed by atoms with Gasteiger partial charge in [-0.25, -0.2) is 0 Å². The summed E-state index contributed by atoms with van der Waals surface area (Å²) in [6, 6.07) is 7.62. The SMILES string of the molecule is CC(C)Oc1ccccc1NC(=O)C1CCCSC1. The molecular weight excluding hydrogens is 258 g/mol. The number of carbonyl (C=O) groups excluding carboxylic acids is 1. The predicted molar refractivity (Wildman–Crippen MR) is 80.9 cm³/mol. The van der Waals surface area contributed by atoms with Gasteiger partial charge < -0.3 is 10.1 Å². The first-order valence-electron chi connectivity index (χ1n) is 6.81. The fourth-order valence-electron chi connectivity index (χ4n) is 2.11. The molecule has 1 N–H and O–H groups in total. The largest absolute Gasteiger partial charge is 0.489 e. The fourth-order valence-corrected chi connectivity index (χ4v) is 3.25. The smallest absolute Gasteiger partial charge is 0.228 e. The van der Waals surface area contributed by atoms with E-state index in [4.69, 9.17) is 4.74 Å². The summed E-state index contributed by atoms with van der Waals surface area (Å²) in [4.78, 5) is 12.2. The van der Waals surface area contributed by atoms with Gasteiger partial charge in [0.15, 0.2) is 0 Å². The average molecular weight is 279 g/mol. The van der Waals surface area contributed by atoms with Crippen LogP contribution in [0.2, 0.25) is 0 Å². The summed E-state index contributed by atoms with van der Waals surface area (Å²) in [5, 5.41) is 3.01. The van der Waals surface area contributed by atoms with Crippen LogP contribution in [-0.2, 0) is 4.79 Å². The van der Waals surface area contributed by atoms with Gasteiger partial charge in [0.25, 0.3) is 0 Å². The van der Waals surface area contributed by atoms with Gasteiger partial charge in [-0.3, -0.25) is 4.79 Å². The maximum atomic E-state index is 12.2. The molecule has 1 heterocycles. The number of thioether (sulfide) groups is 1. The highest BCUT2D eigenvalue weighted by atomic mass is 32.2. The molecule has 1 unspecified atom stereocenters. The van der Waals surface area contributed by atoms with Crippen LogP contribution in [0.15, 0.2) is 24.3 Å². The standard InChI is InChI=1S/C15H21NO2S/c1-11(2)18-14-8-4-3-7-13(14)16-15(17)12-6-5-9-19-10-12/h3-4,7-8,11-12H,5-6,9-10H2,1-2H3,(H,16,17). The molecule has 1 saturated heterocycles. The van der Waals surface area contributed by atoms with E-state index >= 15 is 0 Å². The van der Waals surface area contributed by atoms with Gasteiger partial charge in [0.1, 0.15) is 5.75 Å². The lowest BCUT2D eigenvalue weighted by atomic mass is 10.0. The predicted octanol–water partition coefficient (Wildman–Crippen LogP) is 3.56. The first kappa shape index (κ1) is 14.3. The highest BCUT2D eigenvalue weighted by molar-refractivity contribution is 7.99. The molecule has 4 heteroatoms. The highest BCUT2D eigenvalue weighted by Gasteiger charge is 2.22. The zero-order valence-electron chi connectivity index (χ0n) is 11.5. The second kappa shape index (κ2) is 6.85. The summed E-state index contributed by atoms with van der Waals surface area (Å²) in [6.45, 7) is 3.97. The lowest BCUT2D eigenvalue weighted by Crippen LogP contribution is -2.27. The number of para-hydroxylation sites is 2. The van der Waals surface area contributed by atoms with E-state index < -0.39 is 0 Å². The van der Waals surface area contributed by atoms with E-state index in [0.717, 1.165) is 30.0 Å². The van der Waals surface area contributed by atoms with Crippen molar-refractivity contribution < 1.29 is 9.53 Å². The van der Waals surface area contributed by atoms with Gasteiger partial charge in [0.2, 0.25) is 5.91 Å². The number of benzene rings is 1. The molecule has 1 aromatic rings. The van der Waals surface area contributed by atoms with Crippen molar-refractivity contribution in [2.45, 2.75) is 32.8 Å². The van der Waals surface area contributed by atoms with Crippen LogP contribution in [0, 0.1) is 5.92 Å². The Kier molecular flexibility index (Phi) is 5.14. The van der Waals surface area contributed by atoms with E-state index in [1.54, 1.807) is 0 Å². The molecule has 1 aliphatic rings.